The van der Waals surface area contributed by atoms with Gasteiger partial charge in [-0.3, -0.25) is 9.69 Å². The number of rotatable bonds is 1. The van der Waals surface area contributed by atoms with Gasteiger partial charge in [-0.05, 0) is 37.1 Å². The Kier molecular flexibility index (Phi) is 3.38. The van der Waals surface area contributed by atoms with E-state index in [1.807, 2.05) is 48.5 Å². The minimum absolute atomic E-state index is 0.0391. The summed E-state index contributed by atoms with van der Waals surface area (Å²) in [5.41, 5.74) is 4.74. The maximum absolute atomic E-state index is 13.2. The highest BCUT2D eigenvalue weighted by molar-refractivity contribution is 6.36. The van der Waals surface area contributed by atoms with E-state index >= 15 is 0 Å². The molecule has 1 fully saturated rings. The second-order valence-electron chi connectivity index (χ2n) is 5.98. The van der Waals surface area contributed by atoms with Crippen molar-refractivity contribution in [2.24, 2.45) is 0 Å². The van der Waals surface area contributed by atoms with E-state index in [4.69, 9.17) is 11.6 Å². The molecular formula is C19H17ClN2O. The zero-order chi connectivity index (χ0) is 16.0. The van der Waals surface area contributed by atoms with Crippen LogP contribution >= 0.6 is 11.6 Å². The fourth-order valence-electron chi connectivity index (χ4n) is 3.49. The number of anilines is 2. The van der Waals surface area contributed by atoms with Crippen LogP contribution in [0.5, 0.6) is 0 Å². The van der Waals surface area contributed by atoms with Gasteiger partial charge in [0.1, 0.15) is 0 Å². The number of amides is 1. The number of benzene rings is 2. The smallest absolute Gasteiger partial charge is 0.265 e. The summed E-state index contributed by atoms with van der Waals surface area (Å²) in [7, 11) is 2.06. The zero-order valence-electron chi connectivity index (χ0n) is 12.9. The lowest BCUT2D eigenvalue weighted by Gasteiger charge is -2.18. The maximum atomic E-state index is 13.2. The fourth-order valence-corrected chi connectivity index (χ4v) is 3.68. The fraction of sp³-hybridized carbons (Fsp3) is 0.211. The van der Waals surface area contributed by atoms with Gasteiger partial charge in [0.2, 0.25) is 0 Å². The van der Waals surface area contributed by atoms with Gasteiger partial charge in [-0.15, -0.1) is 0 Å². The third-order valence-electron chi connectivity index (χ3n) is 4.55. The molecule has 0 N–H and O–H groups in total. The second-order valence-corrected chi connectivity index (χ2v) is 6.42. The standard InChI is InChI=1S/C19H17ClN2O/c1-21-11-5-10-17(21)18-15-8-2-3-9-16(15)22(19(18)23)14-7-4-6-13(20)12-14/h2-4,6-9,12H,5,10-11H2,1H3/b18-17+. The molecule has 0 bridgehead atoms. The molecule has 0 radical (unpaired) electrons. The number of carbonyl (C=O) groups is 1. The van der Waals surface area contributed by atoms with Gasteiger partial charge < -0.3 is 4.90 Å². The van der Waals surface area contributed by atoms with Crippen LogP contribution in [-0.2, 0) is 4.79 Å². The first-order valence-electron chi connectivity index (χ1n) is 7.80. The van der Waals surface area contributed by atoms with E-state index in [1.54, 1.807) is 4.90 Å². The van der Waals surface area contributed by atoms with Crippen molar-refractivity contribution in [1.82, 2.24) is 4.90 Å². The number of halogens is 1. The van der Waals surface area contributed by atoms with E-state index < -0.39 is 0 Å². The topological polar surface area (TPSA) is 23.6 Å². The molecule has 2 aromatic carbocycles. The lowest BCUT2D eigenvalue weighted by Crippen LogP contribution is -2.22. The van der Waals surface area contributed by atoms with Crippen molar-refractivity contribution in [2.75, 3.05) is 18.5 Å². The molecule has 3 nitrogen and oxygen atoms in total. The van der Waals surface area contributed by atoms with Crippen LogP contribution in [0.2, 0.25) is 5.02 Å². The van der Waals surface area contributed by atoms with Gasteiger partial charge in [-0.2, -0.15) is 0 Å². The Morgan fingerprint density at radius 3 is 2.65 bits per heavy atom. The van der Waals surface area contributed by atoms with E-state index in [1.165, 1.54) is 0 Å². The second kappa shape index (κ2) is 5.43. The van der Waals surface area contributed by atoms with Gasteiger partial charge in [0.25, 0.3) is 5.91 Å². The van der Waals surface area contributed by atoms with Crippen molar-refractivity contribution in [2.45, 2.75) is 12.8 Å². The molecule has 116 valence electrons. The SMILES string of the molecule is CN1CCC/C1=C1\C(=O)N(c2cccc(Cl)c2)c2ccccc21. The number of likely N-dealkylation sites (tertiary alicyclic amines) is 1. The molecular weight excluding hydrogens is 308 g/mol. The molecule has 0 aromatic heterocycles. The van der Waals surface area contributed by atoms with Gasteiger partial charge in [0.15, 0.2) is 0 Å². The first-order chi connectivity index (χ1) is 11.2. The van der Waals surface area contributed by atoms with Crippen molar-refractivity contribution < 1.29 is 4.79 Å². The van der Waals surface area contributed by atoms with Crippen LogP contribution in [0.3, 0.4) is 0 Å². The first kappa shape index (κ1) is 14.3. The number of carbonyl (C=O) groups excluding carboxylic acids is 1. The molecule has 2 aliphatic heterocycles. The van der Waals surface area contributed by atoms with Crippen LogP contribution in [0, 0.1) is 0 Å². The average Bonchev–Trinajstić information content (AvgIpc) is 3.07. The molecule has 23 heavy (non-hydrogen) atoms. The highest BCUT2D eigenvalue weighted by Gasteiger charge is 2.37. The normalized spacial score (nSPS) is 20.3. The molecule has 0 saturated carbocycles. The molecule has 4 rings (SSSR count). The molecule has 0 aliphatic carbocycles. The van der Waals surface area contributed by atoms with E-state index in [2.05, 4.69) is 11.9 Å². The third kappa shape index (κ3) is 2.23. The van der Waals surface area contributed by atoms with Gasteiger partial charge in [0, 0.05) is 29.9 Å². The molecule has 1 saturated heterocycles. The summed E-state index contributed by atoms with van der Waals surface area (Å²) in [6, 6.07) is 15.4. The Morgan fingerprint density at radius 2 is 1.91 bits per heavy atom. The van der Waals surface area contributed by atoms with Gasteiger partial charge in [0.05, 0.1) is 16.9 Å². The summed E-state index contributed by atoms with van der Waals surface area (Å²) in [6.07, 6.45) is 2.05. The van der Waals surface area contributed by atoms with Crippen LogP contribution in [0.15, 0.2) is 54.2 Å². The van der Waals surface area contributed by atoms with Crippen molar-refractivity contribution in [1.29, 1.82) is 0 Å². The molecule has 4 heteroatoms. The summed E-state index contributed by atoms with van der Waals surface area (Å²) >= 11 is 6.13. The summed E-state index contributed by atoms with van der Waals surface area (Å²) in [5, 5.41) is 0.631. The molecule has 0 atom stereocenters. The van der Waals surface area contributed by atoms with Crippen molar-refractivity contribution in [3.05, 3.63) is 64.8 Å². The number of allylic oxidation sites excluding steroid dienone is 1. The molecule has 0 spiro atoms. The summed E-state index contributed by atoms with van der Waals surface area (Å²) < 4.78 is 0. The minimum atomic E-state index is 0.0391. The first-order valence-corrected chi connectivity index (χ1v) is 8.18. The predicted octanol–water partition coefficient (Wildman–Crippen LogP) is 4.46. The van der Waals surface area contributed by atoms with Gasteiger partial charge in [-0.1, -0.05) is 35.9 Å². The number of hydrogen-bond acceptors (Lipinski definition) is 2. The highest BCUT2D eigenvalue weighted by Crippen LogP contribution is 2.44. The average molecular weight is 325 g/mol. The van der Waals surface area contributed by atoms with Crippen LogP contribution in [0.1, 0.15) is 18.4 Å². The van der Waals surface area contributed by atoms with E-state index in [9.17, 15) is 4.79 Å². The van der Waals surface area contributed by atoms with Crippen LogP contribution in [0.25, 0.3) is 5.57 Å². The Labute approximate surface area is 140 Å². The monoisotopic (exact) mass is 324 g/mol. The molecule has 2 aromatic rings. The lowest BCUT2D eigenvalue weighted by molar-refractivity contribution is -0.112. The van der Waals surface area contributed by atoms with Crippen LogP contribution in [0.4, 0.5) is 11.4 Å². The highest BCUT2D eigenvalue weighted by atomic mass is 35.5. The third-order valence-corrected chi connectivity index (χ3v) is 4.79. The number of para-hydroxylation sites is 1. The van der Waals surface area contributed by atoms with Gasteiger partial charge >= 0.3 is 0 Å². The summed E-state index contributed by atoms with van der Waals surface area (Å²) in [5.74, 6) is 0.0391. The Morgan fingerprint density at radius 1 is 1.09 bits per heavy atom. The predicted molar refractivity (Wildman–Crippen MR) is 93.8 cm³/mol. The van der Waals surface area contributed by atoms with Crippen molar-refractivity contribution in [3.63, 3.8) is 0 Å². The number of hydrogen-bond donors (Lipinski definition) is 0. The lowest BCUT2D eigenvalue weighted by atomic mass is 10.0. The zero-order valence-corrected chi connectivity index (χ0v) is 13.7. The Balaban J connectivity index is 1.92. The Hall–Kier alpha value is -2.26. The number of nitrogens with zero attached hydrogens (tertiary/aromatic N) is 2. The van der Waals surface area contributed by atoms with Crippen molar-refractivity contribution in [3.8, 4) is 0 Å². The molecule has 1 amide bonds. The maximum Gasteiger partial charge on any atom is 0.265 e. The molecule has 0 unspecified atom stereocenters. The van der Waals surface area contributed by atoms with E-state index in [-0.39, 0.29) is 5.91 Å². The summed E-state index contributed by atoms with van der Waals surface area (Å²) in [6.45, 7) is 1.01. The van der Waals surface area contributed by atoms with E-state index in [0.717, 1.165) is 47.6 Å². The van der Waals surface area contributed by atoms with Crippen LogP contribution in [-0.4, -0.2) is 24.4 Å². The molecule has 2 heterocycles. The quantitative estimate of drug-likeness (QED) is 0.723. The van der Waals surface area contributed by atoms with Gasteiger partial charge in [-0.25, -0.2) is 0 Å². The summed E-state index contributed by atoms with van der Waals surface area (Å²) in [4.78, 5) is 17.2. The van der Waals surface area contributed by atoms with Crippen molar-refractivity contribution >= 4 is 34.5 Å². The van der Waals surface area contributed by atoms with Crippen LogP contribution < -0.4 is 4.90 Å². The Bertz CT molecular complexity index is 828. The molecule has 2 aliphatic rings. The largest absolute Gasteiger partial charge is 0.377 e. The minimum Gasteiger partial charge on any atom is -0.377 e. The van der Waals surface area contributed by atoms with E-state index in [0.29, 0.717) is 5.02 Å². The number of fused-ring (bicyclic) bond motifs is 1.